The Balaban J connectivity index is 1.68. The zero-order chi connectivity index (χ0) is 21.0. The van der Waals surface area contributed by atoms with E-state index in [0.29, 0.717) is 16.6 Å². The zero-order valence-electron chi connectivity index (χ0n) is 14.7. The molecule has 1 fully saturated rings. The molecule has 1 saturated heterocycles. The van der Waals surface area contributed by atoms with Crippen molar-refractivity contribution in [3.05, 3.63) is 52.7 Å². The average molecular weight is 443 g/mol. The Labute approximate surface area is 172 Å². The van der Waals surface area contributed by atoms with Gasteiger partial charge in [-0.05, 0) is 6.42 Å². The number of carbonyl (C=O) groups is 1. The third kappa shape index (κ3) is 5.52. The van der Waals surface area contributed by atoms with E-state index in [1.165, 1.54) is 18.1 Å². The summed E-state index contributed by atoms with van der Waals surface area (Å²) >= 11 is 7.47. The summed E-state index contributed by atoms with van der Waals surface area (Å²) in [6.07, 6.45) is 2.99. The first-order valence-electron chi connectivity index (χ1n) is 8.38. The standard InChI is InChI=1S/C18H14ClF3N4O2S/c19-16-11(2-1-10-5-23-9-24-6-10)3-14(29-16)17(27)25-12-4-13(20)18(28)26(7-12)8-15(21)22/h4-7,9,11,14-16H,3,8H2,(H,25,27). The molecule has 0 aromatic carbocycles. The molecule has 3 heterocycles. The Bertz CT molecular complexity index is 1010. The summed E-state index contributed by atoms with van der Waals surface area (Å²) in [7, 11) is 0. The normalized spacial score (nSPS) is 20.9. The molecule has 0 aliphatic carbocycles. The lowest BCUT2D eigenvalue weighted by atomic mass is 10.1. The highest BCUT2D eigenvalue weighted by atomic mass is 35.5. The van der Waals surface area contributed by atoms with Gasteiger partial charge in [0.15, 0.2) is 5.82 Å². The molecule has 1 aliphatic heterocycles. The number of hydrogen-bond donors (Lipinski definition) is 1. The van der Waals surface area contributed by atoms with Gasteiger partial charge in [-0.15, -0.1) is 23.4 Å². The van der Waals surface area contributed by atoms with Gasteiger partial charge in [0.25, 0.3) is 12.0 Å². The van der Waals surface area contributed by atoms with Crippen molar-refractivity contribution in [2.75, 3.05) is 5.32 Å². The smallest absolute Gasteiger partial charge is 0.286 e. The summed E-state index contributed by atoms with van der Waals surface area (Å²) in [6.45, 7) is -0.970. The lowest BCUT2D eigenvalue weighted by Crippen LogP contribution is -2.28. The molecular formula is C18H14ClF3N4O2S. The van der Waals surface area contributed by atoms with Gasteiger partial charge in [-0.3, -0.25) is 9.59 Å². The number of carbonyl (C=O) groups excluding carboxylic acids is 1. The van der Waals surface area contributed by atoms with Gasteiger partial charge < -0.3 is 9.88 Å². The van der Waals surface area contributed by atoms with Crippen molar-refractivity contribution in [2.24, 2.45) is 5.92 Å². The van der Waals surface area contributed by atoms with Crippen molar-refractivity contribution >= 4 is 35.0 Å². The van der Waals surface area contributed by atoms with Crippen LogP contribution in [0.25, 0.3) is 0 Å². The zero-order valence-corrected chi connectivity index (χ0v) is 16.3. The molecule has 2 aromatic rings. The molecule has 0 bridgehead atoms. The fourth-order valence-corrected chi connectivity index (χ4v) is 4.37. The van der Waals surface area contributed by atoms with Crippen LogP contribution >= 0.6 is 23.4 Å². The molecule has 3 unspecified atom stereocenters. The van der Waals surface area contributed by atoms with E-state index < -0.39 is 40.2 Å². The Morgan fingerprint density at radius 3 is 2.83 bits per heavy atom. The number of pyridine rings is 1. The third-order valence-corrected chi connectivity index (χ3v) is 5.91. The van der Waals surface area contributed by atoms with E-state index in [1.807, 2.05) is 0 Å². The lowest BCUT2D eigenvalue weighted by molar-refractivity contribution is -0.115. The highest BCUT2D eigenvalue weighted by Crippen LogP contribution is 2.41. The second-order valence-corrected chi connectivity index (χ2v) is 8.21. The van der Waals surface area contributed by atoms with E-state index in [1.54, 1.807) is 12.4 Å². The number of nitrogens with zero attached hydrogens (tertiary/aromatic N) is 3. The predicted octanol–water partition coefficient (Wildman–Crippen LogP) is 2.72. The molecule has 11 heteroatoms. The topological polar surface area (TPSA) is 76.9 Å². The van der Waals surface area contributed by atoms with E-state index in [9.17, 15) is 22.8 Å². The minimum atomic E-state index is -2.84. The second-order valence-electron chi connectivity index (χ2n) is 6.13. The lowest BCUT2D eigenvalue weighted by Gasteiger charge is -2.12. The fraction of sp³-hybridized carbons (Fsp3) is 0.333. The van der Waals surface area contributed by atoms with Crippen molar-refractivity contribution in [3.63, 3.8) is 0 Å². The molecule has 0 spiro atoms. The Hall–Kier alpha value is -2.51. The van der Waals surface area contributed by atoms with E-state index >= 15 is 0 Å². The van der Waals surface area contributed by atoms with Crippen molar-refractivity contribution in [1.29, 1.82) is 0 Å². The van der Waals surface area contributed by atoms with Gasteiger partial charge in [-0.1, -0.05) is 11.8 Å². The maximum Gasteiger partial charge on any atom is 0.286 e. The van der Waals surface area contributed by atoms with Gasteiger partial charge in [-0.25, -0.2) is 23.1 Å². The van der Waals surface area contributed by atoms with Crippen molar-refractivity contribution in [1.82, 2.24) is 14.5 Å². The van der Waals surface area contributed by atoms with Crippen molar-refractivity contribution < 1.29 is 18.0 Å². The molecule has 3 atom stereocenters. The van der Waals surface area contributed by atoms with Crippen LogP contribution in [0, 0.1) is 23.6 Å². The fourth-order valence-electron chi connectivity index (χ4n) is 2.65. The predicted molar refractivity (Wildman–Crippen MR) is 103 cm³/mol. The minimum Gasteiger partial charge on any atom is -0.324 e. The quantitative estimate of drug-likeness (QED) is 0.582. The summed E-state index contributed by atoms with van der Waals surface area (Å²) in [6, 6.07) is 0.798. The van der Waals surface area contributed by atoms with Crippen LogP contribution in [-0.2, 0) is 11.3 Å². The van der Waals surface area contributed by atoms with E-state index in [4.69, 9.17) is 11.6 Å². The molecule has 1 N–H and O–H groups in total. The molecule has 2 aromatic heterocycles. The number of halogens is 4. The minimum absolute atomic E-state index is 0.0876. The number of alkyl halides is 3. The highest BCUT2D eigenvalue weighted by Gasteiger charge is 2.37. The second kappa shape index (κ2) is 9.33. The number of anilines is 1. The summed E-state index contributed by atoms with van der Waals surface area (Å²) in [5.74, 6) is 3.91. The highest BCUT2D eigenvalue weighted by molar-refractivity contribution is 8.02. The first-order chi connectivity index (χ1) is 13.8. The molecule has 0 radical (unpaired) electrons. The van der Waals surface area contributed by atoms with E-state index in [2.05, 4.69) is 27.1 Å². The summed E-state index contributed by atoms with van der Waals surface area (Å²) in [5.41, 5.74) is -0.652. The molecular weight excluding hydrogens is 429 g/mol. The largest absolute Gasteiger partial charge is 0.324 e. The number of rotatable bonds is 4. The molecule has 3 rings (SSSR count). The van der Waals surface area contributed by atoms with Crippen LogP contribution in [0.2, 0.25) is 0 Å². The van der Waals surface area contributed by atoms with Gasteiger partial charge in [0.1, 0.15) is 6.33 Å². The third-order valence-electron chi connectivity index (χ3n) is 3.98. The van der Waals surface area contributed by atoms with E-state index in [0.717, 1.165) is 12.3 Å². The van der Waals surface area contributed by atoms with Crippen LogP contribution < -0.4 is 10.9 Å². The van der Waals surface area contributed by atoms with Crippen LogP contribution in [0.3, 0.4) is 0 Å². The monoisotopic (exact) mass is 442 g/mol. The molecule has 152 valence electrons. The van der Waals surface area contributed by atoms with Gasteiger partial charge in [0.05, 0.1) is 27.8 Å². The van der Waals surface area contributed by atoms with Crippen LogP contribution in [0.4, 0.5) is 18.9 Å². The van der Waals surface area contributed by atoms with Gasteiger partial charge in [-0.2, -0.15) is 0 Å². The average Bonchev–Trinajstić information content (AvgIpc) is 3.05. The maximum absolute atomic E-state index is 13.7. The molecule has 1 aliphatic rings. The number of hydrogen-bond acceptors (Lipinski definition) is 5. The van der Waals surface area contributed by atoms with Crippen LogP contribution in [-0.4, -0.2) is 36.8 Å². The Kier molecular flexibility index (Phi) is 6.82. The van der Waals surface area contributed by atoms with Crippen LogP contribution in [0.1, 0.15) is 12.0 Å². The summed E-state index contributed by atoms with van der Waals surface area (Å²) in [4.78, 5) is 31.8. The van der Waals surface area contributed by atoms with Crippen LogP contribution in [0.15, 0.2) is 35.8 Å². The molecule has 29 heavy (non-hydrogen) atoms. The number of thioether (sulfide) groups is 1. The number of nitrogens with one attached hydrogen (secondary N) is 1. The first-order valence-corrected chi connectivity index (χ1v) is 9.76. The van der Waals surface area contributed by atoms with E-state index in [-0.39, 0.29) is 11.6 Å². The van der Waals surface area contributed by atoms with Crippen molar-refractivity contribution in [3.8, 4) is 11.8 Å². The van der Waals surface area contributed by atoms with Gasteiger partial charge in [0.2, 0.25) is 5.91 Å². The Morgan fingerprint density at radius 1 is 1.41 bits per heavy atom. The number of aromatic nitrogens is 3. The van der Waals surface area contributed by atoms with Crippen LogP contribution in [0.5, 0.6) is 0 Å². The molecule has 6 nitrogen and oxygen atoms in total. The molecule has 1 amide bonds. The van der Waals surface area contributed by atoms with Crippen molar-refractivity contribution in [2.45, 2.75) is 29.4 Å². The summed E-state index contributed by atoms with van der Waals surface area (Å²) in [5, 5.41) is 1.88. The maximum atomic E-state index is 13.7. The summed E-state index contributed by atoms with van der Waals surface area (Å²) < 4.78 is 38.9. The SMILES string of the molecule is O=C(Nc1cc(F)c(=O)n(CC(F)F)c1)C1CC(C#Cc2cncnc2)C(Cl)S1. The van der Waals surface area contributed by atoms with Gasteiger partial charge in [0, 0.05) is 30.6 Å². The van der Waals surface area contributed by atoms with Gasteiger partial charge >= 0.3 is 0 Å². The number of amides is 1. The molecule has 0 saturated carbocycles. The first kappa shape index (κ1) is 21.2. The Morgan fingerprint density at radius 2 is 2.14 bits per heavy atom.